The fourth-order valence-corrected chi connectivity index (χ4v) is 4.61. The Morgan fingerprint density at radius 1 is 0.971 bits per heavy atom. The number of nitro benzene ring substituents is 1. The van der Waals surface area contributed by atoms with E-state index in [1.54, 1.807) is 37.3 Å². The number of carbonyl (C=O) groups excluding carboxylic acids is 1. The molecule has 1 aliphatic rings. The van der Waals surface area contributed by atoms with E-state index in [-0.39, 0.29) is 10.8 Å². The van der Waals surface area contributed by atoms with Crippen molar-refractivity contribution >= 4 is 45.2 Å². The lowest BCUT2D eigenvalue weighted by atomic mass is 10.1. The SMILES string of the molecule is Cc1cc(-c2ccc(C=C3C(=O)SC(=Nc4ccccc4)N3c3ccccc3)o2)ccc1[N+](=O)[O-]. The van der Waals surface area contributed by atoms with Gasteiger partial charge in [0.2, 0.25) is 5.12 Å². The van der Waals surface area contributed by atoms with Gasteiger partial charge in [0, 0.05) is 29.0 Å². The molecule has 0 radical (unpaired) electrons. The zero-order valence-electron chi connectivity index (χ0n) is 18.6. The van der Waals surface area contributed by atoms with Crippen molar-refractivity contribution in [3.63, 3.8) is 0 Å². The highest BCUT2D eigenvalue weighted by atomic mass is 32.2. The zero-order chi connectivity index (χ0) is 24.4. The molecule has 0 unspecified atom stereocenters. The van der Waals surface area contributed by atoms with E-state index in [2.05, 4.69) is 0 Å². The number of hydrogen-bond acceptors (Lipinski definition) is 6. The molecule has 1 saturated heterocycles. The van der Waals surface area contributed by atoms with Crippen LogP contribution in [0.25, 0.3) is 17.4 Å². The van der Waals surface area contributed by atoms with Gasteiger partial charge in [-0.3, -0.25) is 19.8 Å². The van der Waals surface area contributed by atoms with E-state index >= 15 is 0 Å². The van der Waals surface area contributed by atoms with E-state index in [0.29, 0.717) is 27.9 Å². The Hall–Kier alpha value is -4.43. The minimum Gasteiger partial charge on any atom is -0.457 e. The Bertz CT molecular complexity index is 1480. The number of anilines is 1. The fraction of sp³-hybridized carbons (Fsp3) is 0.0370. The Morgan fingerprint density at radius 3 is 2.37 bits per heavy atom. The predicted molar refractivity (Wildman–Crippen MR) is 139 cm³/mol. The van der Waals surface area contributed by atoms with Gasteiger partial charge in [-0.05, 0) is 67.2 Å². The quantitative estimate of drug-likeness (QED) is 0.174. The second-order valence-corrected chi connectivity index (χ2v) is 8.72. The molecule has 8 heteroatoms. The highest BCUT2D eigenvalue weighted by molar-refractivity contribution is 8.27. The van der Waals surface area contributed by atoms with Crippen LogP contribution in [0.4, 0.5) is 17.1 Å². The number of aliphatic imine (C=N–C) groups is 1. The average Bonchev–Trinajstić information content (AvgIpc) is 3.44. The van der Waals surface area contributed by atoms with E-state index in [0.717, 1.165) is 28.7 Å². The summed E-state index contributed by atoms with van der Waals surface area (Å²) in [6.45, 7) is 1.69. The summed E-state index contributed by atoms with van der Waals surface area (Å²) in [7, 11) is 0. The first-order valence-corrected chi connectivity index (χ1v) is 11.6. The summed E-state index contributed by atoms with van der Waals surface area (Å²) in [4.78, 5) is 30.3. The van der Waals surface area contributed by atoms with Gasteiger partial charge in [0.1, 0.15) is 17.2 Å². The summed E-state index contributed by atoms with van der Waals surface area (Å²) in [6.07, 6.45) is 1.69. The van der Waals surface area contributed by atoms with Crippen LogP contribution in [-0.2, 0) is 4.79 Å². The third-order valence-electron chi connectivity index (χ3n) is 5.40. The molecule has 0 amide bonds. The van der Waals surface area contributed by atoms with E-state index in [1.165, 1.54) is 6.07 Å². The standard InChI is InChI=1S/C27H19N3O4S/c1-18-16-19(12-14-23(18)30(32)33)25-15-13-22(34-25)17-24-26(31)35-27(28-20-8-4-2-5-9-20)29(24)21-10-6-3-7-11-21/h2-17H,1H3. The fourth-order valence-electron chi connectivity index (χ4n) is 3.74. The molecular weight excluding hydrogens is 462 g/mol. The molecule has 1 aromatic heterocycles. The van der Waals surface area contributed by atoms with Gasteiger partial charge in [0.25, 0.3) is 5.69 Å². The van der Waals surface area contributed by atoms with E-state index in [9.17, 15) is 14.9 Å². The van der Waals surface area contributed by atoms with Gasteiger partial charge >= 0.3 is 0 Å². The van der Waals surface area contributed by atoms with Crippen molar-refractivity contribution in [3.05, 3.63) is 118 Å². The summed E-state index contributed by atoms with van der Waals surface area (Å²) >= 11 is 1.06. The van der Waals surface area contributed by atoms with Crippen LogP contribution in [0.2, 0.25) is 0 Å². The summed E-state index contributed by atoms with van der Waals surface area (Å²) in [5, 5.41) is 11.5. The van der Waals surface area contributed by atoms with Gasteiger partial charge in [0.15, 0.2) is 5.17 Å². The summed E-state index contributed by atoms with van der Waals surface area (Å²) in [6, 6.07) is 27.4. The monoisotopic (exact) mass is 481 g/mol. The van der Waals surface area contributed by atoms with Gasteiger partial charge < -0.3 is 4.42 Å². The Kier molecular flexibility index (Phi) is 6.03. The molecule has 172 valence electrons. The lowest BCUT2D eigenvalue weighted by Crippen LogP contribution is -2.22. The maximum absolute atomic E-state index is 13.1. The molecule has 5 rings (SSSR count). The molecular formula is C27H19N3O4S. The number of rotatable bonds is 5. The van der Waals surface area contributed by atoms with Crippen LogP contribution in [0.5, 0.6) is 0 Å². The molecule has 0 aliphatic carbocycles. The largest absolute Gasteiger partial charge is 0.457 e. The number of thioether (sulfide) groups is 1. The van der Waals surface area contributed by atoms with E-state index in [1.807, 2.05) is 65.6 Å². The normalized spacial score (nSPS) is 15.8. The van der Waals surface area contributed by atoms with Crippen LogP contribution < -0.4 is 4.90 Å². The van der Waals surface area contributed by atoms with Crippen molar-refractivity contribution in [1.29, 1.82) is 0 Å². The summed E-state index contributed by atoms with van der Waals surface area (Å²) < 4.78 is 6.00. The summed E-state index contributed by atoms with van der Waals surface area (Å²) in [5.41, 5.74) is 3.30. The molecule has 0 N–H and O–H groups in total. The molecule has 0 bridgehead atoms. The maximum atomic E-state index is 13.1. The molecule has 0 atom stereocenters. The highest BCUT2D eigenvalue weighted by Crippen LogP contribution is 2.37. The molecule has 0 spiro atoms. The first kappa shape index (κ1) is 22.4. The molecule has 2 heterocycles. The predicted octanol–water partition coefficient (Wildman–Crippen LogP) is 6.97. The average molecular weight is 482 g/mol. The third kappa shape index (κ3) is 4.64. The Labute approximate surface area is 205 Å². The van der Waals surface area contributed by atoms with Crippen molar-refractivity contribution in [2.45, 2.75) is 6.92 Å². The van der Waals surface area contributed by atoms with Crippen molar-refractivity contribution in [2.75, 3.05) is 4.90 Å². The van der Waals surface area contributed by atoms with E-state index < -0.39 is 4.92 Å². The minimum absolute atomic E-state index is 0.0555. The third-order valence-corrected chi connectivity index (χ3v) is 6.26. The molecule has 1 aliphatic heterocycles. The van der Waals surface area contributed by atoms with Crippen LogP contribution >= 0.6 is 11.8 Å². The molecule has 4 aromatic rings. The van der Waals surface area contributed by atoms with Crippen molar-refractivity contribution < 1.29 is 14.1 Å². The maximum Gasteiger partial charge on any atom is 0.272 e. The van der Waals surface area contributed by atoms with Crippen LogP contribution in [0.15, 0.2) is 106 Å². The minimum atomic E-state index is -0.410. The van der Waals surface area contributed by atoms with Gasteiger partial charge in [-0.1, -0.05) is 36.4 Å². The first-order valence-electron chi connectivity index (χ1n) is 10.8. The van der Waals surface area contributed by atoms with Crippen LogP contribution in [-0.4, -0.2) is 15.2 Å². The lowest BCUT2D eigenvalue weighted by molar-refractivity contribution is -0.385. The summed E-state index contributed by atoms with van der Waals surface area (Å²) in [5.74, 6) is 1.04. The first-order chi connectivity index (χ1) is 17.0. The van der Waals surface area contributed by atoms with Crippen molar-refractivity contribution in [3.8, 4) is 11.3 Å². The van der Waals surface area contributed by atoms with Gasteiger partial charge in [-0.25, -0.2) is 4.99 Å². The number of benzene rings is 3. The lowest BCUT2D eigenvalue weighted by Gasteiger charge is -2.18. The van der Waals surface area contributed by atoms with Gasteiger partial charge in [-0.15, -0.1) is 0 Å². The number of furan rings is 1. The second kappa shape index (κ2) is 9.44. The molecule has 1 fully saturated rings. The van der Waals surface area contributed by atoms with E-state index in [4.69, 9.17) is 9.41 Å². The Morgan fingerprint density at radius 2 is 1.69 bits per heavy atom. The molecule has 35 heavy (non-hydrogen) atoms. The number of nitro groups is 1. The second-order valence-electron chi connectivity index (χ2n) is 7.78. The molecule has 3 aromatic carbocycles. The Balaban J connectivity index is 1.53. The van der Waals surface area contributed by atoms with Gasteiger partial charge in [0.05, 0.1) is 10.6 Å². The van der Waals surface area contributed by atoms with Crippen LogP contribution in [0, 0.1) is 17.0 Å². The molecule has 0 saturated carbocycles. The number of carbonyl (C=O) groups is 1. The van der Waals surface area contributed by atoms with Crippen molar-refractivity contribution in [2.24, 2.45) is 4.99 Å². The molecule has 7 nitrogen and oxygen atoms in total. The van der Waals surface area contributed by atoms with Crippen LogP contribution in [0.3, 0.4) is 0 Å². The number of para-hydroxylation sites is 2. The van der Waals surface area contributed by atoms with Crippen molar-refractivity contribution in [1.82, 2.24) is 0 Å². The number of aryl methyl sites for hydroxylation is 1. The highest BCUT2D eigenvalue weighted by Gasteiger charge is 2.34. The van der Waals surface area contributed by atoms with Crippen LogP contribution in [0.1, 0.15) is 11.3 Å². The number of amidine groups is 1. The number of hydrogen-bond donors (Lipinski definition) is 0. The number of nitrogens with zero attached hydrogens (tertiary/aromatic N) is 3. The van der Waals surface area contributed by atoms with Gasteiger partial charge in [-0.2, -0.15) is 0 Å². The topological polar surface area (TPSA) is 89.0 Å². The zero-order valence-corrected chi connectivity index (χ0v) is 19.4. The smallest absolute Gasteiger partial charge is 0.272 e.